The summed E-state index contributed by atoms with van der Waals surface area (Å²) in [5.74, 6) is -0.306. The Labute approximate surface area is 149 Å². The van der Waals surface area contributed by atoms with Crippen LogP contribution in [0.15, 0.2) is 54.6 Å². The van der Waals surface area contributed by atoms with Crippen molar-refractivity contribution in [3.05, 3.63) is 65.7 Å². The van der Waals surface area contributed by atoms with Crippen molar-refractivity contribution >= 4 is 26.8 Å². The summed E-state index contributed by atoms with van der Waals surface area (Å²) in [6.07, 6.45) is 0.874. The molecule has 0 atom stereocenters. The fourth-order valence-corrected chi connectivity index (χ4v) is 2.75. The van der Waals surface area contributed by atoms with E-state index in [2.05, 4.69) is 4.98 Å². The summed E-state index contributed by atoms with van der Waals surface area (Å²) in [7, 11) is -3.69. The number of nitrogens with zero attached hydrogens (tertiary/aromatic N) is 2. The maximum atomic E-state index is 11.9. The second kappa shape index (κ2) is 6.82. The van der Waals surface area contributed by atoms with E-state index in [9.17, 15) is 18.5 Å². The largest absolute Gasteiger partial charge is 0.438 e. The summed E-state index contributed by atoms with van der Waals surface area (Å²) in [5, 5.41) is 10.3. The van der Waals surface area contributed by atoms with Crippen molar-refractivity contribution in [3.8, 4) is 17.7 Å². The van der Waals surface area contributed by atoms with Gasteiger partial charge >= 0.3 is 0 Å². The van der Waals surface area contributed by atoms with Crippen molar-refractivity contribution in [2.45, 2.75) is 0 Å². The number of para-hydroxylation sites is 1. The maximum absolute atomic E-state index is 11.9. The van der Waals surface area contributed by atoms with Gasteiger partial charge < -0.3 is 4.74 Å². The second-order valence-corrected chi connectivity index (χ2v) is 7.22. The minimum absolute atomic E-state index is 0.0331. The number of ether oxygens (including phenoxy) is 1. The van der Waals surface area contributed by atoms with Gasteiger partial charge in [-0.2, -0.15) is 5.26 Å². The molecule has 3 rings (SSSR count). The molecule has 0 fully saturated rings. The van der Waals surface area contributed by atoms with Crippen LogP contribution in [-0.4, -0.2) is 25.6 Å². The van der Waals surface area contributed by atoms with Crippen LogP contribution in [0.1, 0.15) is 15.9 Å². The number of carbonyl (C=O) groups excluding carboxylic acids is 1. The van der Waals surface area contributed by atoms with E-state index in [1.54, 1.807) is 6.07 Å². The predicted octanol–water partition coefficient (Wildman–Crippen LogP) is 2.59. The van der Waals surface area contributed by atoms with E-state index in [0.29, 0.717) is 5.88 Å². The molecule has 1 amide bonds. The van der Waals surface area contributed by atoms with Crippen LogP contribution in [-0.2, 0) is 10.0 Å². The third-order valence-corrected chi connectivity index (χ3v) is 3.98. The number of hydrogen-bond acceptors (Lipinski definition) is 6. The molecule has 0 bridgehead atoms. The average molecular weight is 367 g/mol. The van der Waals surface area contributed by atoms with E-state index >= 15 is 0 Å². The first-order valence-electron chi connectivity index (χ1n) is 7.45. The van der Waals surface area contributed by atoms with Gasteiger partial charge in [-0.15, -0.1) is 0 Å². The standard InChI is InChI=1S/C18H13N3O4S/c1-26(23,24)21-18(22)13-6-8-16(14(10-13)11-19)25-17-9-7-12-4-2-3-5-15(12)20-17/h2-10H,1H3,(H,21,22). The maximum Gasteiger partial charge on any atom is 0.264 e. The molecule has 0 spiro atoms. The summed E-state index contributed by atoms with van der Waals surface area (Å²) in [6.45, 7) is 0. The number of nitriles is 1. The van der Waals surface area contributed by atoms with Crippen molar-refractivity contribution in [1.29, 1.82) is 5.26 Å². The first kappa shape index (κ1) is 17.4. The molecular formula is C18H13N3O4S. The Kier molecular flexibility index (Phi) is 4.56. The molecule has 0 saturated heterocycles. The molecule has 130 valence electrons. The number of fused-ring (bicyclic) bond motifs is 1. The second-order valence-electron chi connectivity index (χ2n) is 5.47. The number of aromatic nitrogens is 1. The number of benzene rings is 2. The van der Waals surface area contributed by atoms with E-state index in [1.165, 1.54) is 18.2 Å². The van der Waals surface area contributed by atoms with Gasteiger partial charge in [0.1, 0.15) is 11.8 Å². The quantitative estimate of drug-likeness (QED) is 0.759. The Balaban J connectivity index is 1.90. The lowest BCUT2D eigenvalue weighted by Gasteiger charge is -2.09. The molecule has 1 heterocycles. The molecule has 7 nitrogen and oxygen atoms in total. The zero-order chi connectivity index (χ0) is 18.7. The van der Waals surface area contributed by atoms with Gasteiger partial charge in [-0.3, -0.25) is 4.79 Å². The van der Waals surface area contributed by atoms with Gasteiger partial charge in [0.2, 0.25) is 15.9 Å². The SMILES string of the molecule is CS(=O)(=O)NC(=O)c1ccc(Oc2ccc3ccccc3n2)c(C#N)c1. The minimum atomic E-state index is -3.69. The van der Waals surface area contributed by atoms with Crippen LogP contribution in [0.5, 0.6) is 11.6 Å². The zero-order valence-corrected chi connectivity index (χ0v) is 14.4. The van der Waals surface area contributed by atoms with Crippen molar-refractivity contribution < 1.29 is 17.9 Å². The van der Waals surface area contributed by atoms with Gasteiger partial charge in [0.05, 0.1) is 17.3 Å². The lowest BCUT2D eigenvalue weighted by molar-refractivity contribution is 0.0981. The highest BCUT2D eigenvalue weighted by atomic mass is 32.2. The predicted molar refractivity (Wildman–Crippen MR) is 95.3 cm³/mol. The van der Waals surface area contributed by atoms with Crippen LogP contribution in [0, 0.1) is 11.3 Å². The molecule has 0 saturated carbocycles. The normalized spacial score (nSPS) is 10.9. The fraction of sp³-hybridized carbons (Fsp3) is 0.0556. The summed E-state index contributed by atoms with van der Waals surface area (Å²) in [5.41, 5.74) is 0.861. The number of carbonyl (C=O) groups is 1. The molecule has 1 aromatic heterocycles. The van der Waals surface area contributed by atoms with Gasteiger partial charge in [0.15, 0.2) is 0 Å². The molecule has 3 aromatic rings. The fourth-order valence-electron chi connectivity index (χ4n) is 2.29. The Bertz CT molecular complexity index is 1150. The third kappa shape index (κ3) is 3.96. The Morgan fingerprint density at radius 1 is 1.15 bits per heavy atom. The first-order valence-corrected chi connectivity index (χ1v) is 9.35. The smallest absolute Gasteiger partial charge is 0.264 e. The molecule has 0 aliphatic carbocycles. The molecular weight excluding hydrogens is 354 g/mol. The van der Waals surface area contributed by atoms with Crippen LogP contribution in [0.2, 0.25) is 0 Å². The number of sulfonamides is 1. The van der Waals surface area contributed by atoms with Gasteiger partial charge in [-0.05, 0) is 30.3 Å². The van der Waals surface area contributed by atoms with Gasteiger partial charge in [0.25, 0.3) is 5.91 Å². The summed E-state index contributed by atoms with van der Waals surface area (Å²) < 4.78 is 29.8. The molecule has 8 heteroatoms. The first-order chi connectivity index (χ1) is 12.4. The van der Waals surface area contributed by atoms with E-state index in [4.69, 9.17) is 4.74 Å². The molecule has 0 aliphatic heterocycles. The van der Waals surface area contributed by atoms with Crippen LogP contribution in [0.25, 0.3) is 10.9 Å². The van der Waals surface area contributed by atoms with E-state index in [-0.39, 0.29) is 16.9 Å². The molecule has 0 radical (unpaired) electrons. The summed E-state index contributed by atoms with van der Waals surface area (Å²) in [4.78, 5) is 16.3. The van der Waals surface area contributed by atoms with Crippen LogP contribution in [0.3, 0.4) is 0 Å². The Morgan fingerprint density at radius 2 is 1.92 bits per heavy atom. The van der Waals surface area contributed by atoms with Crippen LogP contribution in [0.4, 0.5) is 0 Å². The van der Waals surface area contributed by atoms with E-state index in [1.807, 2.05) is 41.1 Å². The van der Waals surface area contributed by atoms with Crippen LogP contribution >= 0.6 is 0 Å². The zero-order valence-electron chi connectivity index (χ0n) is 13.6. The number of pyridine rings is 1. The van der Waals surface area contributed by atoms with Gasteiger partial charge in [0, 0.05) is 17.0 Å². The third-order valence-electron chi connectivity index (χ3n) is 3.43. The van der Waals surface area contributed by atoms with Crippen LogP contribution < -0.4 is 9.46 Å². The lowest BCUT2D eigenvalue weighted by Crippen LogP contribution is -2.29. The highest BCUT2D eigenvalue weighted by Gasteiger charge is 2.14. The van der Waals surface area contributed by atoms with Crippen molar-refractivity contribution in [2.75, 3.05) is 6.26 Å². The van der Waals surface area contributed by atoms with Gasteiger partial charge in [-0.25, -0.2) is 18.1 Å². The van der Waals surface area contributed by atoms with E-state index < -0.39 is 15.9 Å². The average Bonchev–Trinajstić information content (AvgIpc) is 2.60. The Hall–Kier alpha value is -3.44. The highest BCUT2D eigenvalue weighted by molar-refractivity contribution is 7.89. The number of amides is 1. The minimum Gasteiger partial charge on any atom is -0.438 e. The molecule has 1 N–H and O–H groups in total. The highest BCUT2D eigenvalue weighted by Crippen LogP contribution is 2.26. The van der Waals surface area contributed by atoms with Crippen molar-refractivity contribution in [1.82, 2.24) is 9.71 Å². The molecule has 0 aliphatic rings. The number of rotatable bonds is 4. The molecule has 0 unspecified atom stereocenters. The monoisotopic (exact) mass is 367 g/mol. The summed E-state index contributed by atoms with van der Waals surface area (Å²) in [6, 6.07) is 17.0. The van der Waals surface area contributed by atoms with Crippen molar-refractivity contribution in [3.63, 3.8) is 0 Å². The van der Waals surface area contributed by atoms with E-state index in [0.717, 1.165) is 17.2 Å². The topological polar surface area (TPSA) is 109 Å². The number of hydrogen-bond donors (Lipinski definition) is 1. The molecule has 2 aromatic carbocycles. The Morgan fingerprint density at radius 3 is 2.65 bits per heavy atom. The number of nitrogens with one attached hydrogen (secondary N) is 1. The lowest BCUT2D eigenvalue weighted by atomic mass is 10.1. The van der Waals surface area contributed by atoms with Crippen molar-refractivity contribution in [2.24, 2.45) is 0 Å². The van der Waals surface area contributed by atoms with Gasteiger partial charge in [-0.1, -0.05) is 18.2 Å². The summed E-state index contributed by atoms with van der Waals surface area (Å²) >= 11 is 0. The molecule has 26 heavy (non-hydrogen) atoms.